The zero-order chi connectivity index (χ0) is 11.1. The average molecular weight is 217 g/mol. The summed E-state index contributed by atoms with van der Waals surface area (Å²) in [6.45, 7) is 0. The van der Waals surface area contributed by atoms with Gasteiger partial charge in [-0.3, -0.25) is 5.10 Å². The summed E-state index contributed by atoms with van der Waals surface area (Å²) in [6.07, 6.45) is -1.53. The Bertz CT molecular complexity index is 469. The first kappa shape index (κ1) is 9.56. The van der Waals surface area contributed by atoms with Gasteiger partial charge >= 0.3 is 6.18 Å². The van der Waals surface area contributed by atoms with E-state index in [1.165, 1.54) is 6.20 Å². The molecule has 0 saturated carbocycles. The fraction of sp³-hybridized carbons (Fsp3) is 0.143. The first-order chi connectivity index (χ1) is 6.98. The van der Waals surface area contributed by atoms with E-state index in [9.17, 15) is 13.2 Å². The van der Waals surface area contributed by atoms with Gasteiger partial charge in [0.1, 0.15) is 11.5 Å². The van der Waals surface area contributed by atoms with Crippen molar-refractivity contribution < 1.29 is 13.2 Å². The van der Waals surface area contributed by atoms with E-state index in [0.29, 0.717) is 0 Å². The molecule has 2 heterocycles. The predicted molar refractivity (Wildman–Crippen MR) is 45.1 cm³/mol. The minimum atomic E-state index is -4.41. The van der Waals surface area contributed by atoms with Gasteiger partial charge in [-0.2, -0.15) is 23.4 Å². The summed E-state index contributed by atoms with van der Waals surface area (Å²) in [4.78, 5) is 0. The highest BCUT2D eigenvalue weighted by Crippen LogP contribution is 2.29. The summed E-state index contributed by atoms with van der Waals surface area (Å²) < 4.78 is 37.7. The molecule has 3 N–H and O–H groups in total. The Labute approximate surface area is 81.7 Å². The lowest BCUT2D eigenvalue weighted by molar-refractivity contribution is -0.137. The van der Waals surface area contributed by atoms with Crippen LogP contribution in [0.15, 0.2) is 18.6 Å². The minimum Gasteiger partial charge on any atom is -0.382 e. The van der Waals surface area contributed by atoms with Crippen LogP contribution in [0.25, 0.3) is 5.69 Å². The smallest absolute Gasteiger partial charge is 0.382 e. The molecule has 0 fully saturated rings. The molecule has 0 aromatic carbocycles. The number of halogens is 3. The molecular formula is C7H6F3N5. The fourth-order valence-electron chi connectivity index (χ4n) is 1.07. The number of hydrogen-bond donors (Lipinski definition) is 2. The highest BCUT2D eigenvalue weighted by Gasteiger charge is 2.32. The molecule has 0 amide bonds. The van der Waals surface area contributed by atoms with Crippen molar-refractivity contribution in [1.29, 1.82) is 0 Å². The zero-order valence-corrected chi connectivity index (χ0v) is 7.28. The van der Waals surface area contributed by atoms with Crippen LogP contribution in [0.1, 0.15) is 5.56 Å². The van der Waals surface area contributed by atoms with Crippen molar-refractivity contribution >= 4 is 5.82 Å². The molecule has 2 aromatic rings. The molecule has 0 saturated heterocycles. The number of alkyl halides is 3. The van der Waals surface area contributed by atoms with E-state index >= 15 is 0 Å². The third-order valence-corrected chi connectivity index (χ3v) is 1.80. The number of hydrogen-bond acceptors (Lipinski definition) is 3. The van der Waals surface area contributed by atoms with Crippen LogP contribution in [0.4, 0.5) is 19.0 Å². The van der Waals surface area contributed by atoms with Crippen LogP contribution in [0.3, 0.4) is 0 Å². The van der Waals surface area contributed by atoms with E-state index in [-0.39, 0.29) is 11.5 Å². The highest BCUT2D eigenvalue weighted by atomic mass is 19.4. The van der Waals surface area contributed by atoms with Crippen molar-refractivity contribution in [3.8, 4) is 5.69 Å². The van der Waals surface area contributed by atoms with Crippen molar-refractivity contribution in [3.05, 3.63) is 24.2 Å². The van der Waals surface area contributed by atoms with Gasteiger partial charge in [0.2, 0.25) is 0 Å². The lowest BCUT2D eigenvalue weighted by Gasteiger charge is -2.00. The Morgan fingerprint density at radius 3 is 2.53 bits per heavy atom. The summed E-state index contributed by atoms with van der Waals surface area (Å²) in [5, 5.41) is 9.52. The van der Waals surface area contributed by atoms with Gasteiger partial charge in [-0.05, 0) is 0 Å². The molecule has 8 heteroatoms. The van der Waals surface area contributed by atoms with Crippen molar-refractivity contribution in [1.82, 2.24) is 20.0 Å². The van der Waals surface area contributed by atoms with Crippen LogP contribution >= 0.6 is 0 Å². The van der Waals surface area contributed by atoms with Gasteiger partial charge in [0.15, 0.2) is 0 Å². The molecular weight excluding hydrogens is 211 g/mol. The maximum Gasteiger partial charge on any atom is 0.419 e. The van der Waals surface area contributed by atoms with Gasteiger partial charge in [-0.1, -0.05) is 0 Å². The van der Waals surface area contributed by atoms with E-state index in [1.807, 2.05) is 0 Å². The molecule has 0 spiro atoms. The van der Waals surface area contributed by atoms with Crippen molar-refractivity contribution in [2.45, 2.75) is 6.18 Å². The van der Waals surface area contributed by atoms with Crippen LogP contribution < -0.4 is 5.73 Å². The van der Waals surface area contributed by atoms with Crippen molar-refractivity contribution in [2.24, 2.45) is 0 Å². The number of nitrogens with zero attached hydrogens (tertiary/aromatic N) is 3. The van der Waals surface area contributed by atoms with Crippen LogP contribution in [-0.2, 0) is 6.18 Å². The number of aromatic amines is 1. The molecule has 2 aromatic heterocycles. The van der Waals surface area contributed by atoms with Crippen LogP contribution in [-0.4, -0.2) is 20.0 Å². The van der Waals surface area contributed by atoms with Gasteiger partial charge in [0, 0.05) is 6.20 Å². The molecule has 80 valence electrons. The van der Waals surface area contributed by atoms with Gasteiger partial charge in [-0.15, -0.1) is 0 Å². The molecule has 0 radical (unpaired) electrons. The number of nitrogen functional groups attached to an aromatic ring is 1. The van der Waals surface area contributed by atoms with E-state index in [0.717, 1.165) is 17.1 Å². The van der Waals surface area contributed by atoms with E-state index in [4.69, 9.17) is 5.73 Å². The maximum absolute atomic E-state index is 12.2. The SMILES string of the molecule is Nc1[nH]ncc1-n1cc(C(F)(F)F)cn1. The first-order valence-electron chi connectivity index (χ1n) is 3.89. The zero-order valence-electron chi connectivity index (χ0n) is 7.28. The van der Waals surface area contributed by atoms with Gasteiger partial charge < -0.3 is 5.73 Å². The predicted octanol–water partition coefficient (Wildman–Crippen LogP) is 1.20. The molecule has 15 heavy (non-hydrogen) atoms. The van der Waals surface area contributed by atoms with Gasteiger partial charge in [0.05, 0.1) is 18.0 Å². The largest absolute Gasteiger partial charge is 0.419 e. The van der Waals surface area contributed by atoms with E-state index in [2.05, 4.69) is 15.3 Å². The van der Waals surface area contributed by atoms with Crippen LogP contribution in [0.5, 0.6) is 0 Å². The van der Waals surface area contributed by atoms with E-state index < -0.39 is 11.7 Å². The molecule has 0 aliphatic heterocycles. The molecule has 5 nitrogen and oxygen atoms in total. The highest BCUT2D eigenvalue weighted by molar-refractivity contribution is 5.49. The number of nitrogens with two attached hydrogens (primary N) is 1. The quantitative estimate of drug-likeness (QED) is 0.753. The summed E-state index contributed by atoms with van der Waals surface area (Å²) in [7, 11) is 0. The standard InChI is InChI=1S/C7H6F3N5/c8-7(9,10)4-1-13-15(3-4)5-2-12-14-6(5)11/h1-3H,(H3,11,12,14). The molecule has 0 atom stereocenters. The maximum atomic E-state index is 12.2. The lowest BCUT2D eigenvalue weighted by Crippen LogP contribution is -2.03. The van der Waals surface area contributed by atoms with Gasteiger partial charge in [-0.25, -0.2) is 4.68 Å². The third kappa shape index (κ3) is 1.65. The van der Waals surface area contributed by atoms with Crippen LogP contribution in [0.2, 0.25) is 0 Å². The molecule has 2 rings (SSSR count). The number of H-pyrrole nitrogens is 1. The number of aromatic nitrogens is 4. The number of rotatable bonds is 1. The molecule has 0 bridgehead atoms. The topological polar surface area (TPSA) is 72.5 Å². The summed E-state index contributed by atoms with van der Waals surface area (Å²) in [5.74, 6) is 0.159. The molecule has 0 aliphatic rings. The second-order valence-corrected chi connectivity index (χ2v) is 2.84. The number of anilines is 1. The van der Waals surface area contributed by atoms with E-state index in [1.54, 1.807) is 0 Å². The average Bonchev–Trinajstić information content (AvgIpc) is 2.69. The summed E-state index contributed by atoms with van der Waals surface area (Å²) >= 11 is 0. The number of nitrogens with one attached hydrogen (secondary N) is 1. The second-order valence-electron chi connectivity index (χ2n) is 2.84. The third-order valence-electron chi connectivity index (χ3n) is 1.80. The van der Waals surface area contributed by atoms with Crippen molar-refractivity contribution in [2.75, 3.05) is 5.73 Å². The van der Waals surface area contributed by atoms with Crippen molar-refractivity contribution in [3.63, 3.8) is 0 Å². The molecule has 0 aliphatic carbocycles. The second kappa shape index (κ2) is 3.01. The Morgan fingerprint density at radius 1 is 1.33 bits per heavy atom. The fourth-order valence-corrected chi connectivity index (χ4v) is 1.07. The Kier molecular flexibility index (Phi) is 1.92. The Hall–Kier alpha value is -1.99. The van der Waals surface area contributed by atoms with Crippen LogP contribution in [0, 0.1) is 0 Å². The Morgan fingerprint density at radius 2 is 2.07 bits per heavy atom. The molecule has 0 unspecified atom stereocenters. The normalized spacial score (nSPS) is 11.9. The Balaban J connectivity index is 2.41. The lowest BCUT2D eigenvalue weighted by atomic mass is 10.3. The van der Waals surface area contributed by atoms with Gasteiger partial charge in [0.25, 0.3) is 0 Å². The first-order valence-corrected chi connectivity index (χ1v) is 3.89. The monoisotopic (exact) mass is 217 g/mol. The summed E-state index contributed by atoms with van der Waals surface area (Å²) in [5.41, 5.74) is 4.88. The summed E-state index contributed by atoms with van der Waals surface area (Å²) in [6, 6.07) is 0. The minimum absolute atomic E-state index is 0.159.